The quantitative estimate of drug-likeness (QED) is 0.831. The first kappa shape index (κ1) is 13.1. The smallest absolute Gasteiger partial charge is 0.254 e. The third-order valence-corrected chi connectivity index (χ3v) is 2.93. The number of anilines is 1. The van der Waals surface area contributed by atoms with Crippen LogP contribution in [0.1, 0.15) is 21.5 Å². The van der Waals surface area contributed by atoms with E-state index in [9.17, 15) is 9.18 Å². The van der Waals surface area contributed by atoms with Crippen LogP contribution in [0.3, 0.4) is 0 Å². The maximum atomic E-state index is 13.8. The first-order valence-electron chi connectivity index (χ1n) is 5.96. The molecule has 0 unspecified atom stereocenters. The van der Waals surface area contributed by atoms with Gasteiger partial charge in [-0.3, -0.25) is 4.79 Å². The van der Waals surface area contributed by atoms with Crippen LogP contribution in [0.15, 0.2) is 42.5 Å². The van der Waals surface area contributed by atoms with Crippen LogP contribution in [0.2, 0.25) is 0 Å². The molecule has 0 aliphatic heterocycles. The number of carbonyl (C=O) groups is 1. The summed E-state index contributed by atoms with van der Waals surface area (Å²) in [6.45, 7) is 1.90. The number of amides is 1. The molecule has 98 valence electrons. The molecule has 4 heteroatoms. The van der Waals surface area contributed by atoms with Gasteiger partial charge in [0.25, 0.3) is 5.91 Å². The molecule has 0 heterocycles. The van der Waals surface area contributed by atoms with Gasteiger partial charge in [-0.05, 0) is 30.2 Å². The van der Waals surface area contributed by atoms with Gasteiger partial charge in [0.05, 0.1) is 5.56 Å². The number of nitrogens with one attached hydrogen (secondary N) is 1. The highest BCUT2D eigenvalue weighted by atomic mass is 19.1. The molecule has 3 N–H and O–H groups in total. The van der Waals surface area contributed by atoms with Crippen molar-refractivity contribution in [1.29, 1.82) is 0 Å². The van der Waals surface area contributed by atoms with Gasteiger partial charge in [0, 0.05) is 12.2 Å². The van der Waals surface area contributed by atoms with Crippen molar-refractivity contribution in [2.75, 3.05) is 5.73 Å². The molecule has 0 spiro atoms. The minimum Gasteiger partial charge on any atom is -0.398 e. The lowest BCUT2D eigenvalue weighted by Gasteiger charge is -2.09. The number of nitrogen functional groups attached to an aromatic ring is 1. The molecule has 0 fully saturated rings. The minimum absolute atomic E-state index is 0.0505. The van der Waals surface area contributed by atoms with E-state index in [2.05, 4.69) is 5.32 Å². The Morgan fingerprint density at radius 1 is 1.21 bits per heavy atom. The van der Waals surface area contributed by atoms with Crippen molar-refractivity contribution in [3.63, 3.8) is 0 Å². The fourth-order valence-corrected chi connectivity index (χ4v) is 1.79. The van der Waals surface area contributed by atoms with E-state index in [0.29, 0.717) is 11.3 Å². The molecular weight excluding hydrogens is 243 g/mol. The topological polar surface area (TPSA) is 55.1 Å². The molecule has 0 saturated heterocycles. The Hall–Kier alpha value is -2.36. The first-order chi connectivity index (χ1) is 9.09. The fraction of sp³-hybridized carbons (Fsp3) is 0.133. The van der Waals surface area contributed by atoms with Crippen molar-refractivity contribution in [1.82, 2.24) is 5.32 Å². The number of nitrogens with two attached hydrogens (primary N) is 1. The van der Waals surface area contributed by atoms with Gasteiger partial charge in [-0.2, -0.15) is 0 Å². The summed E-state index contributed by atoms with van der Waals surface area (Å²) in [7, 11) is 0. The number of para-hydroxylation sites is 1. The van der Waals surface area contributed by atoms with Crippen LogP contribution in [-0.2, 0) is 6.54 Å². The summed E-state index contributed by atoms with van der Waals surface area (Å²) in [5.41, 5.74) is 7.69. The standard InChI is InChI=1S/C15H15FN2O/c1-10-5-4-7-12(14(10)16)15(19)18-9-11-6-2-3-8-13(11)17/h2-8H,9,17H2,1H3,(H,18,19). The van der Waals surface area contributed by atoms with E-state index in [1.165, 1.54) is 6.07 Å². The van der Waals surface area contributed by atoms with Gasteiger partial charge in [0.2, 0.25) is 0 Å². The van der Waals surface area contributed by atoms with E-state index in [-0.39, 0.29) is 12.1 Å². The second-order valence-electron chi connectivity index (χ2n) is 4.32. The van der Waals surface area contributed by atoms with Crippen LogP contribution in [0.4, 0.5) is 10.1 Å². The average Bonchev–Trinajstić information content (AvgIpc) is 2.40. The van der Waals surface area contributed by atoms with Gasteiger partial charge in [-0.1, -0.05) is 30.3 Å². The van der Waals surface area contributed by atoms with Crippen molar-refractivity contribution >= 4 is 11.6 Å². The van der Waals surface area contributed by atoms with E-state index in [1.807, 2.05) is 18.2 Å². The average molecular weight is 258 g/mol. The number of benzene rings is 2. The molecule has 0 radical (unpaired) electrons. The summed E-state index contributed by atoms with van der Waals surface area (Å²) in [5.74, 6) is -0.925. The highest BCUT2D eigenvalue weighted by Gasteiger charge is 2.12. The number of halogens is 1. The largest absolute Gasteiger partial charge is 0.398 e. The van der Waals surface area contributed by atoms with Gasteiger partial charge in [0.1, 0.15) is 5.82 Å². The minimum atomic E-state index is -0.485. The van der Waals surface area contributed by atoms with E-state index >= 15 is 0 Å². The van der Waals surface area contributed by atoms with E-state index in [1.54, 1.807) is 25.1 Å². The van der Waals surface area contributed by atoms with Crippen molar-refractivity contribution < 1.29 is 9.18 Å². The number of aryl methyl sites for hydroxylation is 1. The lowest BCUT2D eigenvalue weighted by molar-refractivity contribution is 0.0947. The van der Waals surface area contributed by atoms with Crippen LogP contribution < -0.4 is 11.1 Å². The van der Waals surface area contributed by atoms with Crippen LogP contribution in [0.5, 0.6) is 0 Å². The maximum Gasteiger partial charge on any atom is 0.254 e. The lowest BCUT2D eigenvalue weighted by atomic mass is 10.1. The van der Waals surface area contributed by atoms with Crippen molar-refractivity contribution in [3.05, 3.63) is 65.0 Å². The summed E-state index contributed by atoms with van der Waals surface area (Å²) >= 11 is 0. The van der Waals surface area contributed by atoms with Crippen LogP contribution in [0.25, 0.3) is 0 Å². The number of hydrogen-bond donors (Lipinski definition) is 2. The normalized spacial score (nSPS) is 10.2. The molecule has 2 aromatic carbocycles. The van der Waals surface area contributed by atoms with E-state index in [4.69, 9.17) is 5.73 Å². The van der Waals surface area contributed by atoms with Crippen molar-refractivity contribution in [2.24, 2.45) is 0 Å². The summed E-state index contributed by atoms with van der Waals surface area (Å²) in [6.07, 6.45) is 0. The summed E-state index contributed by atoms with van der Waals surface area (Å²) < 4.78 is 13.8. The monoisotopic (exact) mass is 258 g/mol. The molecule has 2 aromatic rings. The maximum absolute atomic E-state index is 13.8. The van der Waals surface area contributed by atoms with Crippen LogP contribution in [0, 0.1) is 12.7 Å². The predicted molar refractivity (Wildman–Crippen MR) is 73.2 cm³/mol. The molecule has 0 bridgehead atoms. The second-order valence-corrected chi connectivity index (χ2v) is 4.32. The SMILES string of the molecule is Cc1cccc(C(=O)NCc2ccccc2N)c1F. The van der Waals surface area contributed by atoms with Crippen molar-refractivity contribution in [2.45, 2.75) is 13.5 Å². The third-order valence-electron chi connectivity index (χ3n) is 2.93. The Morgan fingerprint density at radius 3 is 2.68 bits per heavy atom. The van der Waals surface area contributed by atoms with E-state index < -0.39 is 11.7 Å². The molecule has 0 aliphatic rings. The molecule has 2 rings (SSSR count). The summed E-state index contributed by atoms with van der Waals surface area (Å²) in [5, 5.41) is 2.67. The summed E-state index contributed by atoms with van der Waals surface area (Å²) in [4.78, 5) is 11.9. The zero-order valence-corrected chi connectivity index (χ0v) is 10.6. The van der Waals surface area contributed by atoms with Gasteiger partial charge in [-0.25, -0.2) is 4.39 Å². The first-order valence-corrected chi connectivity index (χ1v) is 5.96. The highest BCUT2D eigenvalue weighted by molar-refractivity contribution is 5.94. The number of rotatable bonds is 3. The molecule has 1 amide bonds. The van der Waals surface area contributed by atoms with E-state index in [0.717, 1.165) is 5.56 Å². The fourth-order valence-electron chi connectivity index (χ4n) is 1.79. The van der Waals surface area contributed by atoms with Gasteiger partial charge < -0.3 is 11.1 Å². The molecule has 0 saturated carbocycles. The summed E-state index contributed by atoms with van der Waals surface area (Å²) in [6, 6.07) is 12.0. The van der Waals surface area contributed by atoms with Gasteiger partial charge >= 0.3 is 0 Å². The molecule has 3 nitrogen and oxygen atoms in total. The lowest BCUT2D eigenvalue weighted by Crippen LogP contribution is -2.24. The van der Waals surface area contributed by atoms with Gasteiger partial charge in [0.15, 0.2) is 0 Å². The molecule has 19 heavy (non-hydrogen) atoms. The van der Waals surface area contributed by atoms with Crippen LogP contribution >= 0.6 is 0 Å². The van der Waals surface area contributed by atoms with Crippen LogP contribution in [-0.4, -0.2) is 5.91 Å². The number of carbonyl (C=O) groups excluding carboxylic acids is 1. The van der Waals surface area contributed by atoms with Gasteiger partial charge in [-0.15, -0.1) is 0 Å². The molecule has 0 atom stereocenters. The molecule has 0 aliphatic carbocycles. The predicted octanol–water partition coefficient (Wildman–Crippen LogP) is 2.65. The Kier molecular flexibility index (Phi) is 3.80. The number of hydrogen-bond acceptors (Lipinski definition) is 2. The molecule has 0 aromatic heterocycles. The Morgan fingerprint density at radius 2 is 1.95 bits per heavy atom. The zero-order valence-electron chi connectivity index (χ0n) is 10.6. The zero-order chi connectivity index (χ0) is 13.8. The second kappa shape index (κ2) is 5.52. The molecular formula is C15H15FN2O. The van der Waals surface area contributed by atoms with Crippen molar-refractivity contribution in [3.8, 4) is 0 Å². The third kappa shape index (κ3) is 2.91. The Labute approximate surface area is 111 Å². The highest BCUT2D eigenvalue weighted by Crippen LogP contribution is 2.13. The Balaban J connectivity index is 2.10. The Bertz CT molecular complexity index is 611.